The van der Waals surface area contributed by atoms with Crippen molar-refractivity contribution in [3.05, 3.63) is 36.5 Å². The second-order valence-electron chi connectivity index (χ2n) is 5.04. The predicted molar refractivity (Wildman–Crippen MR) is 73.8 cm³/mol. The van der Waals surface area contributed by atoms with E-state index in [0.29, 0.717) is 19.1 Å². The molecule has 1 aliphatic carbocycles. The van der Waals surface area contributed by atoms with Crippen LogP contribution in [0.3, 0.4) is 0 Å². The lowest BCUT2D eigenvalue weighted by atomic mass is 10.2. The van der Waals surface area contributed by atoms with E-state index in [1.165, 1.54) is 0 Å². The van der Waals surface area contributed by atoms with E-state index in [2.05, 4.69) is 0 Å². The van der Waals surface area contributed by atoms with E-state index in [0.717, 1.165) is 23.7 Å². The molecule has 0 unspecified atom stereocenters. The highest BCUT2D eigenvalue weighted by molar-refractivity contribution is 5.83. The standard InChI is InChI=1S/C15H18N2O2/c18-10-9-17(13-5-6-13)15(19)11-16-8-7-12-3-1-2-4-14(12)16/h1-4,7-8,13,18H,5-6,9-11H2. The molecule has 1 aromatic carbocycles. The van der Waals surface area contributed by atoms with Gasteiger partial charge in [-0.1, -0.05) is 18.2 Å². The van der Waals surface area contributed by atoms with E-state index in [1.807, 2.05) is 46.0 Å². The number of aliphatic hydroxyl groups excluding tert-OH is 1. The first-order valence-corrected chi connectivity index (χ1v) is 6.74. The third kappa shape index (κ3) is 2.49. The van der Waals surface area contributed by atoms with Gasteiger partial charge in [0, 0.05) is 24.3 Å². The van der Waals surface area contributed by atoms with Crippen LogP contribution in [0, 0.1) is 0 Å². The number of benzene rings is 1. The van der Waals surface area contributed by atoms with Crippen LogP contribution in [0.5, 0.6) is 0 Å². The second-order valence-corrected chi connectivity index (χ2v) is 5.04. The minimum absolute atomic E-state index is 0.0364. The molecule has 4 nitrogen and oxygen atoms in total. The van der Waals surface area contributed by atoms with Gasteiger partial charge in [-0.3, -0.25) is 4.79 Å². The molecule has 4 heteroatoms. The number of carbonyl (C=O) groups excluding carboxylic acids is 1. The molecule has 1 aliphatic rings. The smallest absolute Gasteiger partial charge is 0.242 e. The first-order chi connectivity index (χ1) is 9.29. The molecule has 0 spiro atoms. The Morgan fingerprint density at radius 3 is 2.84 bits per heavy atom. The largest absolute Gasteiger partial charge is 0.395 e. The first kappa shape index (κ1) is 12.2. The molecule has 100 valence electrons. The molecule has 1 amide bonds. The molecule has 0 aliphatic heterocycles. The minimum Gasteiger partial charge on any atom is -0.395 e. The molecule has 1 N–H and O–H groups in total. The lowest BCUT2D eigenvalue weighted by molar-refractivity contribution is -0.132. The first-order valence-electron chi connectivity index (χ1n) is 6.74. The Balaban J connectivity index is 1.78. The highest BCUT2D eigenvalue weighted by Crippen LogP contribution is 2.27. The van der Waals surface area contributed by atoms with E-state index in [9.17, 15) is 4.79 Å². The van der Waals surface area contributed by atoms with Crippen molar-refractivity contribution in [3.63, 3.8) is 0 Å². The molecule has 19 heavy (non-hydrogen) atoms. The summed E-state index contributed by atoms with van der Waals surface area (Å²) in [5, 5.41) is 10.2. The molecule has 0 saturated heterocycles. The van der Waals surface area contributed by atoms with Gasteiger partial charge >= 0.3 is 0 Å². The average Bonchev–Trinajstić information content (AvgIpc) is 3.19. The number of amides is 1. The SMILES string of the molecule is O=C(Cn1ccc2ccccc21)N(CCO)C1CC1. The Hall–Kier alpha value is -1.81. The summed E-state index contributed by atoms with van der Waals surface area (Å²) >= 11 is 0. The van der Waals surface area contributed by atoms with Crippen molar-refractivity contribution in [1.82, 2.24) is 9.47 Å². The molecule has 0 radical (unpaired) electrons. The minimum atomic E-state index is 0.0364. The van der Waals surface area contributed by atoms with Gasteiger partial charge in [0.05, 0.1) is 6.61 Å². The summed E-state index contributed by atoms with van der Waals surface area (Å²) < 4.78 is 1.98. The van der Waals surface area contributed by atoms with Crippen molar-refractivity contribution in [3.8, 4) is 0 Å². The average molecular weight is 258 g/mol. The van der Waals surface area contributed by atoms with E-state index < -0.39 is 0 Å². The van der Waals surface area contributed by atoms with Crippen molar-refractivity contribution in [2.24, 2.45) is 0 Å². The maximum atomic E-state index is 12.3. The van der Waals surface area contributed by atoms with Crippen molar-refractivity contribution >= 4 is 16.8 Å². The number of nitrogens with zero attached hydrogens (tertiary/aromatic N) is 2. The van der Waals surface area contributed by atoms with Crippen LogP contribution in [0.4, 0.5) is 0 Å². The number of aliphatic hydroxyl groups is 1. The van der Waals surface area contributed by atoms with Gasteiger partial charge in [0.1, 0.15) is 6.54 Å². The van der Waals surface area contributed by atoms with Gasteiger partial charge < -0.3 is 14.6 Å². The van der Waals surface area contributed by atoms with Crippen LogP contribution >= 0.6 is 0 Å². The highest BCUT2D eigenvalue weighted by Gasteiger charge is 2.31. The molecule has 1 aromatic heterocycles. The van der Waals surface area contributed by atoms with Gasteiger partial charge in [-0.05, 0) is 30.4 Å². The quantitative estimate of drug-likeness (QED) is 0.886. The Morgan fingerprint density at radius 1 is 1.32 bits per heavy atom. The number of hydrogen-bond donors (Lipinski definition) is 1. The Bertz CT molecular complexity index is 587. The predicted octanol–water partition coefficient (Wildman–Crippen LogP) is 1.62. The number of hydrogen-bond acceptors (Lipinski definition) is 2. The number of carbonyl (C=O) groups is 1. The van der Waals surface area contributed by atoms with Crippen LogP contribution in [0.25, 0.3) is 10.9 Å². The van der Waals surface area contributed by atoms with Crippen molar-refractivity contribution < 1.29 is 9.90 Å². The summed E-state index contributed by atoms with van der Waals surface area (Å²) in [6.45, 7) is 0.835. The van der Waals surface area contributed by atoms with E-state index in [4.69, 9.17) is 5.11 Å². The van der Waals surface area contributed by atoms with E-state index >= 15 is 0 Å². The van der Waals surface area contributed by atoms with Crippen molar-refractivity contribution in [1.29, 1.82) is 0 Å². The summed E-state index contributed by atoms with van der Waals surface area (Å²) in [6, 6.07) is 10.4. The van der Waals surface area contributed by atoms with Gasteiger partial charge in [0.25, 0.3) is 0 Å². The number of rotatable bonds is 5. The van der Waals surface area contributed by atoms with E-state index in [-0.39, 0.29) is 12.5 Å². The fourth-order valence-corrected chi connectivity index (χ4v) is 2.52. The molecule has 1 fully saturated rings. The number of fused-ring (bicyclic) bond motifs is 1. The van der Waals surface area contributed by atoms with Crippen molar-refractivity contribution in [2.75, 3.05) is 13.2 Å². The zero-order valence-corrected chi connectivity index (χ0v) is 10.8. The molecule has 0 atom stereocenters. The zero-order valence-electron chi connectivity index (χ0n) is 10.8. The molecule has 1 heterocycles. The Morgan fingerprint density at radius 2 is 2.11 bits per heavy atom. The fraction of sp³-hybridized carbons (Fsp3) is 0.400. The number of para-hydroxylation sites is 1. The summed E-state index contributed by atoms with van der Waals surface area (Å²) in [4.78, 5) is 14.1. The van der Waals surface area contributed by atoms with Crippen LogP contribution in [0.1, 0.15) is 12.8 Å². The monoisotopic (exact) mass is 258 g/mol. The van der Waals surface area contributed by atoms with Gasteiger partial charge in [-0.15, -0.1) is 0 Å². The zero-order chi connectivity index (χ0) is 13.2. The third-order valence-corrected chi connectivity index (χ3v) is 3.63. The van der Waals surface area contributed by atoms with Gasteiger partial charge in [-0.2, -0.15) is 0 Å². The summed E-state index contributed by atoms with van der Waals surface area (Å²) in [5.74, 6) is 0.0953. The highest BCUT2D eigenvalue weighted by atomic mass is 16.3. The molecule has 2 aromatic rings. The second kappa shape index (κ2) is 5.05. The number of aromatic nitrogens is 1. The van der Waals surface area contributed by atoms with Gasteiger partial charge in [0.15, 0.2) is 0 Å². The Labute approximate surface area is 112 Å². The van der Waals surface area contributed by atoms with Crippen molar-refractivity contribution in [2.45, 2.75) is 25.4 Å². The summed E-state index contributed by atoms with van der Waals surface area (Å²) in [5.41, 5.74) is 1.08. The van der Waals surface area contributed by atoms with Crippen LogP contribution in [0.15, 0.2) is 36.5 Å². The molecular weight excluding hydrogens is 240 g/mol. The summed E-state index contributed by atoms with van der Waals surface area (Å²) in [6.07, 6.45) is 4.09. The lowest BCUT2D eigenvalue weighted by Crippen LogP contribution is -2.37. The molecule has 0 bridgehead atoms. The summed E-state index contributed by atoms with van der Waals surface area (Å²) in [7, 11) is 0. The topological polar surface area (TPSA) is 45.5 Å². The van der Waals surface area contributed by atoms with Crippen LogP contribution < -0.4 is 0 Å². The van der Waals surface area contributed by atoms with E-state index in [1.54, 1.807) is 0 Å². The lowest BCUT2D eigenvalue weighted by Gasteiger charge is -2.21. The maximum absolute atomic E-state index is 12.3. The maximum Gasteiger partial charge on any atom is 0.242 e. The van der Waals surface area contributed by atoms with Crippen LogP contribution in [-0.4, -0.2) is 39.7 Å². The van der Waals surface area contributed by atoms with Crippen LogP contribution in [0.2, 0.25) is 0 Å². The molecular formula is C15H18N2O2. The normalized spacial score (nSPS) is 14.8. The third-order valence-electron chi connectivity index (χ3n) is 3.63. The van der Waals surface area contributed by atoms with Gasteiger partial charge in [-0.25, -0.2) is 0 Å². The van der Waals surface area contributed by atoms with Gasteiger partial charge in [0.2, 0.25) is 5.91 Å². The Kier molecular flexibility index (Phi) is 3.25. The molecule has 3 rings (SSSR count). The fourth-order valence-electron chi connectivity index (χ4n) is 2.52. The molecule has 1 saturated carbocycles. The van der Waals surface area contributed by atoms with Crippen LogP contribution in [-0.2, 0) is 11.3 Å².